The van der Waals surface area contributed by atoms with E-state index in [9.17, 15) is 24.2 Å². The summed E-state index contributed by atoms with van der Waals surface area (Å²) in [6, 6.07) is 0.0130. The molecule has 2 rings (SSSR count). The Morgan fingerprint density at radius 3 is 2.67 bits per heavy atom. The van der Waals surface area contributed by atoms with E-state index >= 15 is 0 Å². The molecule has 0 aromatic carbocycles. The van der Waals surface area contributed by atoms with Crippen LogP contribution in [-0.4, -0.2) is 49.4 Å². The molecule has 0 aliphatic heterocycles. The number of aliphatic hydroxyl groups excluding tert-OH is 3. The molecule has 100 valence electrons. The van der Waals surface area contributed by atoms with Crippen molar-refractivity contribution in [3.05, 3.63) is 33.1 Å². The summed E-state index contributed by atoms with van der Waals surface area (Å²) < 4.78 is 14.9. The van der Waals surface area contributed by atoms with Crippen LogP contribution in [0.1, 0.15) is 12.5 Å². The fourth-order valence-electron chi connectivity index (χ4n) is 2.22. The van der Waals surface area contributed by atoms with Gasteiger partial charge in [-0.15, -0.1) is 0 Å². The van der Waals surface area contributed by atoms with Crippen LogP contribution in [0.25, 0.3) is 0 Å². The second kappa shape index (κ2) is 4.30. The molecule has 4 N–H and O–H groups in total. The van der Waals surface area contributed by atoms with E-state index < -0.39 is 48.2 Å². The van der Waals surface area contributed by atoms with E-state index in [0.717, 1.165) is 16.8 Å². The number of H-pyrrole nitrogens is 1. The summed E-state index contributed by atoms with van der Waals surface area (Å²) in [6.07, 6.45) is -2.63. The first-order valence-corrected chi connectivity index (χ1v) is 5.36. The number of halogens is 1. The van der Waals surface area contributed by atoms with Gasteiger partial charge >= 0.3 is 5.69 Å². The summed E-state index contributed by atoms with van der Waals surface area (Å²) in [5, 5.41) is 28.1. The standard InChI is InChI=1S/C10H13FN2O5/c11-10(4-14)3-5(7(16)8(10)17)13-2-1-6(15)12-9(13)18/h1-2,5,7-8,14,16-17H,3-4H2,(H,12,15,18)/t5-,7+,8+,10+/m1/s1. The smallest absolute Gasteiger partial charge is 0.328 e. The first kappa shape index (κ1) is 12.9. The number of nitrogens with one attached hydrogen (secondary N) is 1. The third kappa shape index (κ3) is 1.88. The monoisotopic (exact) mass is 260 g/mol. The Labute approximate surface area is 100 Å². The minimum Gasteiger partial charge on any atom is -0.393 e. The first-order valence-electron chi connectivity index (χ1n) is 5.36. The molecule has 0 saturated heterocycles. The molecular weight excluding hydrogens is 247 g/mol. The average Bonchev–Trinajstić information content (AvgIpc) is 2.55. The molecule has 1 heterocycles. The Balaban J connectivity index is 2.41. The molecule has 1 aliphatic carbocycles. The summed E-state index contributed by atoms with van der Waals surface area (Å²) in [6.45, 7) is -0.959. The largest absolute Gasteiger partial charge is 0.393 e. The van der Waals surface area contributed by atoms with Crippen LogP contribution in [0.5, 0.6) is 0 Å². The molecule has 0 spiro atoms. The van der Waals surface area contributed by atoms with Crippen LogP contribution in [0.3, 0.4) is 0 Å². The van der Waals surface area contributed by atoms with Gasteiger partial charge in [0.25, 0.3) is 5.56 Å². The summed E-state index contributed by atoms with van der Waals surface area (Å²) in [4.78, 5) is 24.4. The van der Waals surface area contributed by atoms with Crippen LogP contribution in [0, 0.1) is 0 Å². The van der Waals surface area contributed by atoms with Crippen molar-refractivity contribution in [1.82, 2.24) is 9.55 Å². The predicted octanol–water partition coefficient (Wildman–Crippen LogP) is -2.10. The minimum atomic E-state index is -2.36. The zero-order chi connectivity index (χ0) is 13.5. The van der Waals surface area contributed by atoms with Crippen LogP contribution in [-0.2, 0) is 0 Å². The van der Waals surface area contributed by atoms with E-state index in [4.69, 9.17) is 5.11 Å². The third-order valence-electron chi connectivity index (χ3n) is 3.27. The SMILES string of the molecule is O=c1ccn([C@@H]2C[C@](F)(CO)[C@@H](O)[C@H]2O)c(=O)[nH]1. The zero-order valence-electron chi connectivity index (χ0n) is 9.28. The Morgan fingerprint density at radius 2 is 2.17 bits per heavy atom. The van der Waals surface area contributed by atoms with Gasteiger partial charge in [-0.25, -0.2) is 9.18 Å². The molecule has 1 aromatic rings. The van der Waals surface area contributed by atoms with Gasteiger partial charge in [-0.1, -0.05) is 0 Å². The van der Waals surface area contributed by atoms with Crippen LogP contribution in [0.2, 0.25) is 0 Å². The van der Waals surface area contributed by atoms with Crippen LogP contribution in [0.4, 0.5) is 4.39 Å². The van der Waals surface area contributed by atoms with Crippen molar-refractivity contribution in [3.8, 4) is 0 Å². The van der Waals surface area contributed by atoms with Crippen molar-refractivity contribution in [1.29, 1.82) is 0 Å². The molecule has 0 radical (unpaired) electrons. The molecule has 1 saturated carbocycles. The minimum absolute atomic E-state index is 0.419. The van der Waals surface area contributed by atoms with E-state index in [1.54, 1.807) is 0 Å². The summed E-state index contributed by atoms with van der Waals surface area (Å²) in [5.74, 6) is 0. The topological polar surface area (TPSA) is 116 Å². The second-order valence-corrected chi connectivity index (χ2v) is 4.42. The van der Waals surface area contributed by atoms with Crippen molar-refractivity contribution >= 4 is 0 Å². The Morgan fingerprint density at radius 1 is 1.50 bits per heavy atom. The number of aliphatic hydroxyl groups is 3. The number of aromatic amines is 1. The number of hydrogen-bond acceptors (Lipinski definition) is 5. The van der Waals surface area contributed by atoms with Crippen LogP contribution in [0.15, 0.2) is 21.9 Å². The fourth-order valence-corrected chi connectivity index (χ4v) is 2.22. The molecule has 0 bridgehead atoms. The van der Waals surface area contributed by atoms with E-state index in [1.807, 2.05) is 4.98 Å². The molecule has 0 amide bonds. The van der Waals surface area contributed by atoms with Crippen molar-refractivity contribution < 1.29 is 19.7 Å². The van der Waals surface area contributed by atoms with Gasteiger partial charge in [-0.2, -0.15) is 0 Å². The average molecular weight is 260 g/mol. The summed E-state index contributed by atoms with van der Waals surface area (Å²) >= 11 is 0. The van der Waals surface area contributed by atoms with Gasteiger partial charge < -0.3 is 15.3 Å². The lowest BCUT2D eigenvalue weighted by molar-refractivity contribution is -0.0651. The lowest BCUT2D eigenvalue weighted by Crippen LogP contribution is -2.41. The lowest BCUT2D eigenvalue weighted by Gasteiger charge is -2.20. The first-order chi connectivity index (χ1) is 8.39. The van der Waals surface area contributed by atoms with Crippen molar-refractivity contribution in [3.63, 3.8) is 0 Å². The number of nitrogens with zero attached hydrogens (tertiary/aromatic N) is 1. The highest BCUT2D eigenvalue weighted by Crippen LogP contribution is 2.40. The van der Waals surface area contributed by atoms with Gasteiger partial charge in [-0.3, -0.25) is 14.3 Å². The maximum absolute atomic E-state index is 14.0. The van der Waals surface area contributed by atoms with Crippen LogP contribution < -0.4 is 11.2 Å². The quantitative estimate of drug-likeness (QED) is 0.486. The Kier molecular flexibility index (Phi) is 3.09. The fraction of sp³-hybridized carbons (Fsp3) is 0.600. The molecule has 1 aliphatic rings. The molecule has 8 heteroatoms. The summed E-state index contributed by atoms with van der Waals surface area (Å²) in [7, 11) is 0. The van der Waals surface area contributed by atoms with E-state index in [0.29, 0.717) is 0 Å². The van der Waals surface area contributed by atoms with E-state index in [1.165, 1.54) is 0 Å². The van der Waals surface area contributed by atoms with Gasteiger partial charge in [0.05, 0.1) is 12.6 Å². The van der Waals surface area contributed by atoms with Crippen LogP contribution >= 0.6 is 0 Å². The molecule has 1 aromatic heterocycles. The maximum Gasteiger partial charge on any atom is 0.328 e. The molecule has 0 unspecified atom stereocenters. The highest BCUT2D eigenvalue weighted by molar-refractivity contribution is 5.06. The number of hydrogen-bond donors (Lipinski definition) is 4. The van der Waals surface area contributed by atoms with E-state index in [-0.39, 0.29) is 0 Å². The highest BCUT2D eigenvalue weighted by Gasteiger charge is 2.54. The Bertz CT molecular complexity index is 556. The molecule has 4 atom stereocenters. The van der Waals surface area contributed by atoms with Crippen molar-refractivity contribution in [2.45, 2.75) is 30.3 Å². The number of alkyl halides is 1. The molecular formula is C10H13FN2O5. The number of rotatable bonds is 2. The maximum atomic E-state index is 14.0. The van der Waals surface area contributed by atoms with Gasteiger partial charge in [0, 0.05) is 18.7 Å². The second-order valence-electron chi connectivity index (χ2n) is 4.42. The highest BCUT2D eigenvalue weighted by atomic mass is 19.1. The predicted molar refractivity (Wildman–Crippen MR) is 57.9 cm³/mol. The van der Waals surface area contributed by atoms with Gasteiger partial charge in [0.1, 0.15) is 12.2 Å². The van der Waals surface area contributed by atoms with Gasteiger partial charge in [0.15, 0.2) is 5.67 Å². The summed E-state index contributed by atoms with van der Waals surface area (Å²) in [5.41, 5.74) is -3.78. The molecule has 7 nitrogen and oxygen atoms in total. The zero-order valence-corrected chi connectivity index (χ0v) is 9.28. The third-order valence-corrected chi connectivity index (χ3v) is 3.27. The number of aromatic nitrogens is 2. The molecule has 18 heavy (non-hydrogen) atoms. The van der Waals surface area contributed by atoms with Gasteiger partial charge in [0.2, 0.25) is 0 Å². The normalized spacial score (nSPS) is 35.9. The Hall–Kier alpha value is -1.51. The van der Waals surface area contributed by atoms with E-state index in [2.05, 4.69) is 0 Å². The van der Waals surface area contributed by atoms with Crippen molar-refractivity contribution in [2.75, 3.05) is 6.61 Å². The van der Waals surface area contributed by atoms with Gasteiger partial charge in [-0.05, 0) is 0 Å². The molecule has 1 fully saturated rings. The van der Waals surface area contributed by atoms with Crippen molar-refractivity contribution in [2.24, 2.45) is 0 Å². The lowest BCUT2D eigenvalue weighted by atomic mass is 10.0.